The number of amides is 1. The van der Waals surface area contributed by atoms with Crippen LogP contribution in [-0.2, 0) is 17.8 Å². The maximum absolute atomic E-state index is 12.3. The van der Waals surface area contributed by atoms with Crippen molar-refractivity contribution in [3.05, 3.63) is 71.3 Å². The van der Waals surface area contributed by atoms with E-state index >= 15 is 0 Å². The fraction of sp³-hybridized carbons (Fsp3) is 0.381. The number of nitrogens with one attached hydrogen (secondary N) is 1. The van der Waals surface area contributed by atoms with Crippen molar-refractivity contribution in [2.75, 3.05) is 0 Å². The summed E-state index contributed by atoms with van der Waals surface area (Å²) in [5.74, 6) is 0.114. The van der Waals surface area contributed by atoms with Crippen LogP contribution in [0.25, 0.3) is 0 Å². The first-order valence-electron chi connectivity index (χ1n) is 8.78. The summed E-state index contributed by atoms with van der Waals surface area (Å²) in [7, 11) is 0. The lowest BCUT2D eigenvalue weighted by Gasteiger charge is -2.17. The van der Waals surface area contributed by atoms with Crippen LogP contribution in [0.5, 0.6) is 0 Å². The first kappa shape index (κ1) is 18.2. The second kappa shape index (κ2) is 9.24. The Morgan fingerprint density at radius 3 is 2.33 bits per heavy atom. The highest BCUT2D eigenvalue weighted by atomic mass is 16.2. The van der Waals surface area contributed by atoms with Crippen LogP contribution >= 0.6 is 0 Å². The van der Waals surface area contributed by atoms with Crippen LogP contribution in [0.1, 0.15) is 37.0 Å². The summed E-state index contributed by atoms with van der Waals surface area (Å²) in [5.41, 5.74) is 3.83. The van der Waals surface area contributed by atoms with E-state index in [4.69, 9.17) is 0 Å². The molecule has 0 radical (unpaired) electrons. The van der Waals surface area contributed by atoms with Crippen molar-refractivity contribution in [3.63, 3.8) is 0 Å². The monoisotopic (exact) mass is 325 g/mol. The molecule has 3 heteroatoms. The lowest BCUT2D eigenvalue weighted by Crippen LogP contribution is -2.90. The zero-order valence-electron chi connectivity index (χ0n) is 15.0. The third kappa shape index (κ3) is 6.17. The smallest absolute Gasteiger partial charge is 0.278 e. The van der Waals surface area contributed by atoms with E-state index in [1.54, 1.807) is 0 Å². The third-order valence-corrected chi connectivity index (χ3v) is 4.34. The molecule has 0 saturated heterocycles. The summed E-state index contributed by atoms with van der Waals surface area (Å²) in [6.45, 7) is 6.95. The predicted molar refractivity (Wildman–Crippen MR) is 98.6 cm³/mol. The Bertz CT molecular complexity index is 622. The van der Waals surface area contributed by atoms with Crippen LogP contribution in [-0.4, -0.2) is 18.0 Å². The number of carbonyl (C=O) groups is 1. The number of quaternary nitrogens is 1. The molecule has 0 bridgehead atoms. The Kier molecular flexibility index (Phi) is 7.01. The number of rotatable bonds is 8. The fourth-order valence-corrected chi connectivity index (χ4v) is 2.62. The number of benzene rings is 2. The second-order valence-electron chi connectivity index (χ2n) is 6.65. The first-order valence-corrected chi connectivity index (χ1v) is 8.78. The van der Waals surface area contributed by atoms with Crippen LogP contribution < -0.4 is 10.6 Å². The maximum Gasteiger partial charge on any atom is 0.278 e. The van der Waals surface area contributed by atoms with Crippen LogP contribution in [0, 0.1) is 6.92 Å². The minimum absolute atomic E-state index is 0.0783. The van der Waals surface area contributed by atoms with Gasteiger partial charge in [0.2, 0.25) is 0 Å². The number of carbonyl (C=O) groups excluding carboxylic acids is 1. The van der Waals surface area contributed by atoms with Crippen molar-refractivity contribution in [3.8, 4) is 0 Å². The quantitative estimate of drug-likeness (QED) is 0.770. The van der Waals surface area contributed by atoms with Gasteiger partial charge in [0.25, 0.3) is 5.91 Å². The van der Waals surface area contributed by atoms with E-state index in [0.717, 1.165) is 19.4 Å². The van der Waals surface area contributed by atoms with Gasteiger partial charge in [-0.2, -0.15) is 0 Å². The number of aryl methyl sites for hydroxylation is 2. The first-order chi connectivity index (χ1) is 11.5. The molecule has 3 N–H and O–H groups in total. The van der Waals surface area contributed by atoms with Gasteiger partial charge in [-0.1, -0.05) is 60.2 Å². The molecule has 1 amide bonds. The van der Waals surface area contributed by atoms with Gasteiger partial charge in [0.05, 0.1) is 0 Å². The minimum atomic E-state index is -0.0783. The molecule has 0 aliphatic heterocycles. The Balaban J connectivity index is 1.71. The Labute approximate surface area is 145 Å². The van der Waals surface area contributed by atoms with Gasteiger partial charge in [-0.05, 0) is 39.2 Å². The minimum Gasteiger partial charge on any atom is -0.348 e. The van der Waals surface area contributed by atoms with Crippen molar-refractivity contribution >= 4 is 5.91 Å². The fourth-order valence-electron chi connectivity index (χ4n) is 2.62. The van der Waals surface area contributed by atoms with Gasteiger partial charge in [-0.15, -0.1) is 0 Å². The number of nitrogens with two attached hydrogens (primary N) is 1. The SMILES string of the molecule is Cc1ccc(C[NH2+][C@@H](C)C(=O)N[C@@H](C)CCc2ccccc2)cc1. The molecule has 2 rings (SSSR count). The van der Waals surface area contributed by atoms with E-state index in [1.807, 2.05) is 13.0 Å². The van der Waals surface area contributed by atoms with Gasteiger partial charge in [-0.3, -0.25) is 4.79 Å². The van der Waals surface area contributed by atoms with Crippen molar-refractivity contribution < 1.29 is 10.1 Å². The summed E-state index contributed by atoms with van der Waals surface area (Å²) in [5, 5.41) is 5.21. The zero-order valence-corrected chi connectivity index (χ0v) is 15.0. The molecular weight excluding hydrogens is 296 g/mol. The summed E-state index contributed by atoms with van der Waals surface area (Å²) in [6, 6.07) is 19.0. The van der Waals surface area contributed by atoms with E-state index in [9.17, 15) is 4.79 Å². The highest BCUT2D eigenvalue weighted by Crippen LogP contribution is 2.05. The Hall–Kier alpha value is -2.13. The second-order valence-corrected chi connectivity index (χ2v) is 6.65. The van der Waals surface area contributed by atoms with Crippen molar-refractivity contribution in [1.29, 1.82) is 0 Å². The van der Waals surface area contributed by atoms with Crippen molar-refractivity contribution in [1.82, 2.24) is 5.32 Å². The number of hydrogen-bond donors (Lipinski definition) is 2. The zero-order chi connectivity index (χ0) is 17.4. The predicted octanol–water partition coefficient (Wildman–Crippen LogP) is 2.58. The molecule has 2 aromatic carbocycles. The maximum atomic E-state index is 12.3. The van der Waals surface area contributed by atoms with E-state index < -0.39 is 0 Å². The standard InChI is InChI=1S/C21H28N2O/c1-16-9-12-20(13-10-16)15-22-18(3)21(24)23-17(2)11-14-19-7-5-4-6-8-19/h4-10,12-13,17-18,22H,11,14-15H2,1-3H3,(H,23,24)/p+1/t17-,18-/m0/s1. The topological polar surface area (TPSA) is 45.7 Å². The molecule has 0 aliphatic carbocycles. The van der Waals surface area contributed by atoms with Gasteiger partial charge in [0.1, 0.15) is 6.54 Å². The average molecular weight is 325 g/mol. The van der Waals surface area contributed by atoms with Crippen molar-refractivity contribution in [2.45, 2.75) is 52.2 Å². The molecule has 0 spiro atoms. The van der Waals surface area contributed by atoms with Crippen molar-refractivity contribution in [2.24, 2.45) is 0 Å². The number of hydrogen-bond acceptors (Lipinski definition) is 1. The molecule has 128 valence electrons. The summed E-state index contributed by atoms with van der Waals surface area (Å²) in [4.78, 5) is 12.3. The van der Waals surface area contributed by atoms with Gasteiger partial charge >= 0.3 is 0 Å². The lowest BCUT2D eigenvalue weighted by atomic mass is 10.1. The largest absolute Gasteiger partial charge is 0.348 e. The van der Waals surface area contributed by atoms with E-state index in [-0.39, 0.29) is 18.0 Å². The molecule has 0 fully saturated rings. The molecule has 2 atom stereocenters. The highest BCUT2D eigenvalue weighted by Gasteiger charge is 2.17. The van der Waals surface area contributed by atoms with Gasteiger partial charge in [0.15, 0.2) is 6.04 Å². The van der Waals surface area contributed by atoms with E-state index in [2.05, 4.69) is 73.0 Å². The molecular formula is C21H29N2O+. The van der Waals surface area contributed by atoms with E-state index in [1.165, 1.54) is 16.7 Å². The van der Waals surface area contributed by atoms with Crippen LogP contribution in [0.4, 0.5) is 0 Å². The lowest BCUT2D eigenvalue weighted by molar-refractivity contribution is -0.689. The molecule has 0 saturated carbocycles. The summed E-state index contributed by atoms with van der Waals surface area (Å²) >= 11 is 0. The normalized spacial score (nSPS) is 13.3. The molecule has 0 aromatic heterocycles. The average Bonchev–Trinajstić information content (AvgIpc) is 2.60. The van der Waals surface area contributed by atoms with Gasteiger partial charge in [0, 0.05) is 11.6 Å². The van der Waals surface area contributed by atoms with Crippen LogP contribution in [0.3, 0.4) is 0 Å². The van der Waals surface area contributed by atoms with Gasteiger partial charge < -0.3 is 10.6 Å². The third-order valence-electron chi connectivity index (χ3n) is 4.34. The molecule has 0 aliphatic rings. The van der Waals surface area contributed by atoms with Crippen LogP contribution in [0.15, 0.2) is 54.6 Å². The summed E-state index contributed by atoms with van der Waals surface area (Å²) < 4.78 is 0. The molecule has 0 heterocycles. The van der Waals surface area contributed by atoms with E-state index in [0.29, 0.717) is 0 Å². The molecule has 0 unspecified atom stereocenters. The Morgan fingerprint density at radius 2 is 1.67 bits per heavy atom. The summed E-state index contributed by atoms with van der Waals surface area (Å²) in [6.07, 6.45) is 1.95. The molecule has 24 heavy (non-hydrogen) atoms. The molecule has 2 aromatic rings. The molecule has 3 nitrogen and oxygen atoms in total. The van der Waals surface area contributed by atoms with Crippen LogP contribution in [0.2, 0.25) is 0 Å². The highest BCUT2D eigenvalue weighted by molar-refractivity contribution is 5.80. The van der Waals surface area contributed by atoms with Gasteiger partial charge in [-0.25, -0.2) is 0 Å². The Morgan fingerprint density at radius 1 is 1.00 bits per heavy atom.